The fourth-order valence-electron chi connectivity index (χ4n) is 2.59. The summed E-state index contributed by atoms with van der Waals surface area (Å²) in [6.07, 6.45) is 4.47. The lowest BCUT2D eigenvalue weighted by Gasteiger charge is -2.10. The molecule has 0 saturated carbocycles. The Kier molecular flexibility index (Phi) is 7.45. The molecule has 1 aromatic heterocycles. The van der Waals surface area contributed by atoms with E-state index in [0.717, 1.165) is 11.3 Å². The standard InChI is InChI=1S/C22H21N3O5S/c1-15-4-8-17(9-5-15)25-14-23-24-22(25)31-13-21(27)30-18-10-6-16(12-19(18)28-2)7-11-20(26)29-3/h4-12,14H,13H2,1-3H3/b11-7+. The van der Waals surface area contributed by atoms with Crippen LogP contribution >= 0.6 is 11.8 Å². The number of hydrogen-bond donors (Lipinski definition) is 0. The number of benzene rings is 2. The number of esters is 2. The summed E-state index contributed by atoms with van der Waals surface area (Å²) in [7, 11) is 2.77. The molecular weight excluding hydrogens is 418 g/mol. The molecule has 1 heterocycles. The molecule has 0 aliphatic heterocycles. The average Bonchev–Trinajstić information content (AvgIpc) is 3.25. The van der Waals surface area contributed by atoms with E-state index < -0.39 is 11.9 Å². The van der Waals surface area contributed by atoms with Crippen LogP contribution in [-0.2, 0) is 14.3 Å². The monoisotopic (exact) mass is 439 g/mol. The predicted molar refractivity (Wildman–Crippen MR) is 116 cm³/mol. The van der Waals surface area contributed by atoms with Gasteiger partial charge in [-0.1, -0.05) is 35.5 Å². The fraction of sp³-hybridized carbons (Fsp3) is 0.182. The lowest BCUT2D eigenvalue weighted by molar-refractivity contribution is -0.135. The number of ether oxygens (including phenoxy) is 3. The van der Waals surface area contributed by atoms with Crippen LogP contribution < -0.4 is 9.47 Å². The number of methoxy groups -OCH3 is 2. The number of rotatable bonds is 8. The number of carbonyl (C=O) groups excluding carboxylic acids is 2. The second kappa shape index (κ2) is 10.4. The maximum Gasteiger partial charge on any atom is 0.330 e. The summed E-state index contributed by atoms with van der Waals surface area (Å²) in [5.41, 5.74) is 2.75. The van der Waals surface area contributed by atoms with E-state index in [0.29, 0.717) is 16.5 Å². The summed E-state index contributed by atoms with van der Waals surface area (Å²) < 4.78 is 17.1. The van der Waals surface area contributed by atoms with Crippen LogP contribution in [0.4, 0.5) is 0 Å². The van der Waals surface area contributed by atoms with E-state index in [-0.39, 0.29) is 11.5 Å². The number of thioether (sulfide) groups is 1. The quantitative estimate of drug-likeness (QED) is 0.228. The topological polar surface area (TPSA) is 92.5 Å². The molecule has 8 nitrogen and oxygen atoms in total. The van der Waals surface area contributed by atoms with E-state index in [9.17, 15) is 9.59 Å². The van der Waals surface area contributed by atoms with Crippen LogP contribution in [0.2, 0.25) is 0 Å². The molecule has 0 aliphatic carbocycles. The summed E-state index contributed by atoms with van der Waals surface area (Å²) in [5, 5.41) is 8.60. The zero-order valence-electron chi connectivity index (χ0n) is 17.3. The molecule has 0 fully saturated rings. The third-order valence-corrected chi connectivity index (χ3v) is 5.09. The minimum atomic E-state index is -0.468. The van der Waals surface area contributed by atoms with Crippen molar-refractivity contribution in [2.24, 2.45) is 0 Å². The van der Waals surface area contributed by atoms with Crippen molar-refractivity contribution in [2.45, 2.75) is 12.1 Å². The van der Waals surface area contributed by atoms with Crippen molar-refractivity contribution in [3.63, 3.8) is 0 Å². The highest BCUT2D eigenvalue weighted by atomic mass is 32.2. The molecule has 0 N–H and O–H groups in total. The van der Waals surface area contributed by atoms with E-state index in [2.05, 4.69) is 14.9 Å². The second-order valence-corrected chi connectivity index (χ2v) is 7.29. The molecular formula is C22H21N3O5S. The molecule has 0 radical (unpaired) electrons. The smallest absolute Gasteiger partial charge is 0.330 e. The molecule has 0 unspecified atom stereocenters. The highest BCUT2D eigenvalue weighted by Crippen LogP contribution is 2.29. The average molecular weight is 439 g/mol. The molecule has 0 aliphatic rings. The molecule has 0 atom stereocenters. The van der Waals surface area contributed by atoms with Gasteiger partial charge in [0.1, 0.15) is 6.33 Å². The summed E-state index contributed by atoms with van der Waals surface area (Å²) in [6, 6.07) is 12.9. The van der Waals surface area contributed by atoms with Crippen LogP contribution in [0.25, 0.3) is 11.8 Å². The van der Waals surface area contributed by atoms with Crippen LogP contribution in [-0.4, -0.2) is 46.7 Å². The fourth-order valence-corrected chi connectivity index (χ4v) is 3.29. The summed E-state index contributed by atoms with van der Waals surface area (Å²) in [5.74, 6) is -0.237. The Bertz CT molecular complexity index is 1090. The van der Waals surface area contributed by atoms with E-state index >= 15 is 0 Å². The van der Waals surface area contributed by atoms with Crippen LogP contribution in [0, 0.1) is 6.92 Å². The first-order chi connectivity index (χ1) is 15.0. The van der Waals surface area contributed by atoms with Crippen molar-refractivity contribution < 1.29 is 23.8 Å². The molecule has 31 heavy (non-hydrogen) atoms. The first-order valence-corrected chi connectivity index (χ1v) is 10.2. The maximum absolute atomic E-state index is 12.4. The number of carbonyl (C=O) groups is 2. The molecule has 0 amide bonds. The van der Waals surface area contributed by atoms with Crippen molar-refractivity contribution in [3.05, 3.63) is 66.0 Å². The van der Waals surface area contributed by atoms with E-state index in [1.54, 1.807) is 35.2 Å². The highest BCUT2D eigenvalue weighted by Gasteiger charge is 2.14. The molecule has 2 aromatic carbocycles. The minimum Gasteiger partial charge on any atom is -0.493 e. The van der Waals surface area contributed by atoms with E-state index in [1.807, 2.05) is 31.2 Å². The highest BCUT2D eigenvalue weighted by molar-refractivity contribution is 7.99. The second-order valence-electron chi connectivity index (χ2n) is 6.35. The van der Waals surface area contributed by atoms with E-state index in [1.165, 1.54) is 32.1 Å². The largest absolute Gasteiger partial charge is 0.493 e. The molecule has 0 saturated heterocycles. The third-order valence-electron chi connectivity index (χ3n) is 4.17. The Balaban J connectivity index is 1.64. The Labute approximate surface area is 183 Å². The zero-order chi connectivity index (χ0) is 22.2. The number of aryl methyl sites for hydroxylation is 1. The minimum absolute atomic E-state index is 0.0394. The lowest BCUT2D eigenvalue weighted by Crippen LogP contribution is -2.12. The molecule has 3 aromatic rings. The summed E-state index contributed by atoms with van der Waals surface area (Å²) in [4.78, 5) is 23.6. The molecule has 0 bridgehead atoms. The normalized spacial score (nSPS) is 10.8. The van der Waals surface area contributed by atoms with Gasteiger partial charge in [-0.25, -0.2) is 4.79 Å². The van der Waals surface area contributed by atoms with Gasteiger partial charge in [-0.05, 0) is 42.8 Å². The van der Waals surface area contributed by atoms with Gasteiger partial charge in [0.05, 0.1) is 20.0 Å². The number of nitrogens with zero attached hydrogens (tertiary/aromatic N) is 3. The lowest BCUT2D eigenvalue weighted by atomic mass is 10.2. The third kappa shape index (κ3) is 5.95. The molecule has 9 heteroatoms. The van der Waals surface area contributed by atoms with Gasteiger partial charge in [0.2, 0.25) is 0 Å². The zero-order valence-corrected chi connectivity index (χ0v) is 18.1. The van der Waals surface area contributed by atoms with Crippen molar-refractivity contribution in [3.8, 4) is 17.2 Å². The summed E-state index contributed by atoms with van der Waals surface area (Å²) in [6.45, 7) is 2.01. The first-order valence-electron chi connectivity index (χ1n) is 9.24. The van der Waals surface area contributed by atoms with E-state index in [4.69, 9.17) is 9.47 Å². The van der Waals surface area contributed by atoms with Crippen molar-refractivity contribution in [2.75, 3.05) is 20.0 Å². The van der Waals surface area contributed by atoms with Gasteiger partial charge < -0.3 is 14.2 Å². The molecule has 3 rings (SSSR count). The van der Waals surface area contributed by atoms with Crippen LogP contribution in [0.3, 0.4) is 0 Å². The SMILES string of the molecule is COC(=O)/C=C/c1ccc(OC(=O)CSc2nncn2-c2ccc(C)cc2)c(OC)c1. The first kappa shape index (κ1) is 22.1. The Morgan fingerprint density at radius 3 is 2.58 bits per heavy atom. The Hall–Kier alpha value is -3.59. The number of hydrogen-bond acceptors (Lipinski definition) is 8. The van der Waals surface area contributed by atoms with Gasteiger partial charge in [0.25, 0.3) is 0 Å². The van der Waals surface area contributed by atoms with Crippen LogP contribution in [0.1, 0.15) is 11.1 Å². The van der Waals surface area contributed by atoms with Gasteiger partial charge in [0.15, 0.2) is 16.7 Å². The Morgan fingerprint density at radius 1 is 1.10 bits per heavy atom. The summed E-state index contributed by atoms with van der Waals surface area (Å²) >= 11 is 1.22. The Morgan fingerprint density at radius 2 is 1.87 bits per heavy atom. The van der Waals surface area contributed by atoms with Crippen molar-refractivity contribution in [1.29, 1.82) is 0 Å². The van der Waals surface area contributed by atoms with Gasteiger partial charge in [-0.2, -0.15) is 0 Å². The molecule has 160 valence electrons. The van der Waals surface area contributed by atoms with Crippen LogP contribution in [0.5, 0.6) is 11.5 Å². The van der Waals surface area contributed by atoms with Crippen molar-refractivity contribution in [1.82, 2.24) is 14.8 Å². The van der Waals surface area contributed by atoms with Crippen LogP contribution in [0.15, 0.2) is 60.0 Å². The van der Waals surface area contributed by atoms with Gasteiger partial charge in [-0.15, -0.1) is 10.2 Å². The predicted octanol–water partition coefficient (Wildman–Crippen LogP) is 3.47. The number of aromatic nitrogens is 3. The van der Waals surface area contributed by atoms with Gasteiger partial charge in [-0.3, -0.25) is 9.36 Å². The maximum atomic E-state index is 12.4. The van der Waals surface area contributed by atoms with Crippen molar-refractivity contribution >= 4 is 29.8 Å². The molecule has 0 spiro atoms. The van der Waals surface area contributed by atoms with Gasteiger partial charge in [0, 0.05) is 11.8 Å². The van der Waals surface area contributed by atoms with Gasteiger partial charge >= 0.3 is 11.9 Å².